The fourth-order valence-corrected chi connectivity index (χ4v) is 3.41. The van der Waals surface area contributed by atoms with Gasteiger partial charge in [0, 0.05) is 19.3 Å². The number of hydrogen-bond donors (Lipinski definition) is 2. The molecule has 1 heterocycles. The third-order valence-corrected chi connectivity index (χ3v) is 5.32. The fourth-order valence-electron chi connectivity index (χ4n) is 3.41. The molecule has 1 saturated carbocycles. The van der Waals surface area contributed by atoms with Crippen molar-refractivity contribution >= 4 is 11.9 Å². The van der Waals surface area contributed by atoms with Gasteiger partial charge in [0.1, 0.15) is 0 Å². The van der Waals surface area contributed by atoms with E-state index in [4.69, 9.17) is 4.98 Å². The molecule has 1 fully saturated rings. The Balaban J connectivity index is 1.49. The summed E-state index contributed by atoms with van der Waals surface area (Å²) in [6, 6.07) is 10.2. The van der Waals surface area contributed by atoms with E-state index in [2.05, 4.69) is 27.8 Å². The Morgan fingerprint density at radius 2 is 2.08 bits per heavy atom. The van der Waals surface area contributed by atoms with Crippen LogP contribution in [0.25, 0.3) is 0 Å². The molecule has 1 aromatic carbocycles. The highest BCUT2D eigenvalue weighted by Crippen LogP contribution is 2.38. The van der Waals surface area contributed by atoms with E-state index in [0.717, 1.165) is 30.6 Å². The van der Waals surface area contributed by atoms with Gasteiger partial charge < -0.3 is 10.6 Å². The number of nitrogens with zero attached hydrogens (tertiary/aromatic N) is 2. The highest BCUT2D eigenvalue weighted by Gasteiger charge is 2.43. The summed E-state index contributed by atoms with van der Waals surface area (Å²) in [5.41, 5.74) is 2.60. The van der Waals surface area contributed by atoms with E-state index in [1.165, 1.54) is 18.4 Å². The Morgan fingerprint density at radius 1 is 1.28 bits per heavy atom. The molecule has 0 spiro atoms. The van der Waals surface area contributed by atoms with E-state index in [-0.39, 0.29) is 5.91 Å². The van der Waals surface area contributed by atoms with Crippen molar-refractivity contribution in [3.05, 3.63) is 53.3 Å². The van der Waals surface area contributed by atoms with Crippen molar-refractivity contribution in [3.63, 3.8) is 0 Å². The normalized spacial score (nSPS) is 21.6. The van der Waals surface area contributed by atoms with Gasteiger partial charge in [0.2, 0.25) is 11.9 Å². The Hall–Kier alpha value is -2.43. The molecule has 5 nitrogen and oxygen atoms in total. The van der Waals surface area contributed by atoms with Gasteiger partial charge in [-0.3, -0.25) is 4.79 Å². The van der Waals surface area contributed by atoms with E-state index in [0.29, 0.717) is 18.4 Å². The number of aromatic nitrogens is 2. The maximum atomic E-state index is 12.8. The van der Waals surface area contributed by atoms with Gasteiger partial charge in [-0.25, -0.2) is 9.97 Å². The summed E-state index contributed by atoms with van der Waals surface area (Å²) >= 11 is 0. The molecule has 2 aromatic rings. The molecular weight excluding hydrogens is 312 g/mol. The first kappa shape index (κ1) is 16.1. The number of amides is 1. The van der Waals surface area contributed by atoms with Gasteiger partial charge >= 0.3 is 0 Å². The lowest BCUT2D eigenvalue weighted by molar-refractivity contribution is -0.126. The molecule has 1 atom stereocenters. The topological polar surface area (TPSA) is 66.9 Å². The minimum absolute atomic E-state index is 0.103. The summed E-state index contributed by atoms with van der Waals surface area (Å²) in [7, 11) is 0. The van der Waals surface area contributed by atoms with Crippen LogP contribution in [0.1, 0.15) is 43.0 Å². The second-order valence-corrected chi connectivity index (χ2v) is 7.39. The van der Waals surface area contributed by atoms with E-state index < -0.39 is 5.41 Å². The number of rotatable bonds is 6. The molecule has 0 aliphatic heterocycles. The highest BCUT2D eigenvalue weighted by molar-refractivity contribution is 5.88. The quantitative estimate of drug-likeness (QED) is 0.851. The SMILES string of the molecule is CC1(C(=O)NCC2CC2)CCc2cnc(NCc3ccccc3)nc21. The lowest BCUT2D eigenvalue weighted by Crippen LogP contribution is -2.42. The first-order chi connectivity index (χ1) is 12.1. The van der Waals surface area contributed by atoms with Crippen LogP contribution in [0.4, 0.5) is 5.95 Å². The molecule has 1 unspecified atom stereocenters. The Labute approximate surface area is 148 Å². The van der Waals surface area contributed by atoms with Crippen LogP contribution in [0, 0.1) is 5.92 Å². The maximum absolute atomic E-state index is 12.8. The summed E-state index contributed by atoms with van der Waals surface area (Å²) in [5, 5.41) is 6.40. The zero-order valence-corrected chi connectivity index (χ0v) is 14.6. The molecule has 2 aliphatic carbocycles. The van der Waals surface area contributed by atoms with Crippen molar-refractivity contribution in [1.29, 1.82) is 0 Å². The predicted molar refractivity (Wildman–Crippen MR) is 97.2 cm³/mol. The minimum Gasteiger partial charge on any atom is -0.355 e. The third kappa shape index (κ3) is 3.36. The van der Waals surface area contributed by atoms with Crippen LogP contribution < -0.4 is 10.6 Å². The number of anilines is 1. The van der Waals surface area contributed by atoms with E-state index in [9.17, 15) is 4.79 Å². The summed E-state index contributed by atoms with van der Waals surface area (Å²) in [6.07, 6.45) is 6.01. The number of fused-ring (bicyclic) bond motifs is 1. The summed E-state index contributed by atoms with van der Waals surface area (Å²) in [5.74, 6) is 1.37. The van der Waals surface area contributed by atoms with Gasteiger partial charge in [-0.05, 0) is 49.7 Å². The molecule has 25 heavy (non-hydrogen) atoms. The van der Waals surface area contributed by atoms with E-state index in [1.54, 1.807) is 0 Å². The lowest BCUT2D eigenvalue weighted by Gasteiger charge is -2.23. The molecule has 0 radical (unpaired) electrons. The molecule has 0 saturated heterocycles. The molecule has 1 aromatic heterocycles. The smallest absolute Gasteiger partial charge is 0.232 e. The Kier molecular flexibility index (Phi) is 4.15. The maximum Gasteiger partial charge on any atom is 0.232 e. The lowest BCUT2D eigenvalue weighted by atomic mass is 9.86. The van der Waals surface area contributed by atoms with Gasteiger partial charge in [0.25, 0.3) is 0 Å². The van der Waals surface area contributed by atoms with Gasteiger partial charge in [-0.2, -0.15) is 0 Å². The zero-order valence-electron chi connectivity index (χ0n) is 14.6. The molecule has 130 valence electrons. The van der Waals surface area contributed by atoms with Crippen LogP contribution in [-0.4, -0.2) is 22.4 Å². The van der Waals surface area contributed by atoms with Crippen molar-refractivity contribution in [2.75, 3.05) is 11.9 Å². The van der Waals surface area contributed by atoms with Crippen molar-refractivity contribution < 1.29 is 4.79 Å². The van der Waals surface area contributed by atoms with Crippen molar-refractivity contribution in [2.24, 2.45) is 5.92 Å². The van der Waals surface area contributed by atoms with Gasteiger partial charge in [-0.1, -0.05) is 30.3 Å². The predicted octanol–water partition coefficient (Wildman–Crippen LogP) is 2.82. The number of carbonyl (C=O) groups is 1. The average molecular weight is 336 g/mol. The van der Waals surface area contributed by atoms with Gasteiger partial charge in [0.05, 0.1) is 11.1 Å². The second kappa shape index (κ2) is 6.47. The standard InChI is InChI=1S/C20H24N4O/c1-20(18(25)21-11-15-7-8-15)10-9-16-13-23-19(24-17(16)20)22-12-14-5-3-2-4-6-14/h2-6,13,15H,7-12H2,1H3,(H,21,25)(H,22,23,24). The molecule has 2 aliphatic rings. The third-order valence-electron chi connectivity index (χ3n) is 5.32. The van der Waals surface area contributed by atoms with Gasteiger partial charge in [0.15, 0.2) is 0 Å². The number of carbonyl (C=O) groups excluding carboxylic acids is 1. The molecule has 5 heteroatoms. The van der Waals surface area contributed by atoms with E-state index in [1.807, 2.05) is 31.3 Å². The number of nitrogens with one attached hydrogen (secondary N) is 2. The van der Waals surface area contributed by atoms with Crippen LogP contribution >= 0.6 is 0 Å². The van der Waals surface area contributed by atoms with Crippen LogP contribution in [0.15, 0.2) is 36.5 Å². The molecule has 0 bridgehead atoms. The molecule has 4 rings (SSSR count). The van der Waals surface area contributed by atoms with Gasteiger partial charge in [-0.15, -0.1) is 0 Å². The average Bonchev–Trinajstić information content (AvgIpc) is 3.42. The van der Waals surface area contributed by atoms with Crippen molar-refractivity contribution in [2.45, 2.75) is 44.6 Å². The van der Waals surface area contributed by atoms with Crippen molar-refractivity contribution in [3.8, 4) is 0 Å². The van der Waals surface area contributed by atoms with Crippen LogP contribution in [0.2, 0.25) is 0 Å². The van der Waals surface area contributed by atoms with Crippen LogP contribution in [0.5, 0.6) is 0 Å². The van der Waals surface area contributed by atoms with E-state index >= 15 is 0 Å². The number of benzene rings is 1. The highest BCUT2D eigenvalue weighted by atomic mass is 16.2. The largest absolute Gasteiger partial charge is 0.355 e. The minimum atomic E-state index is -0.545. The number of aryl methyl sites for hydroxylation is 1. The Bertz CT molecular complexity index is 773. The number of hydrogen-bond acceptors (Lipinski definition) is 4. The monoisotopic (exact) mass is 336 g/mol. The summed E-state index contributed by atoms with van der Waals surface area (Å²) < 4.78 is 0. The molecule has 2 N–H and O–H groups in total. The molecule has 1 amide bonds. The van der Waals surface area contributed by atoms with Crippen molar-refractivity contribution in [1.82, 2.24) is 15.3 Å². The second-order valence-electron chi connectivity index (χ2n) is 7.39. The van der Waals surface area contributed by atoms with Crippen LogP contribution in [-0.2, 0) is 23.2 Å². The summed E-state index contributed by atoms with van der Waals surface area (Å²) in [6.45, 7) is 3.48. The first-order valence-corrected chi connectivity index (χ1v) is 9.08. The Morgan fingerprint density at radius 3 is 2.84 bits per heavy atom. The fraction of sp³-hybridized carbons (Fsp3) is 0.450. The molecular formula is C20H24N4O. The zero-order chi connectivity index (χ0) is 17.3. The summed E-state index contributed by atoms with van der Waals surface area (Å²) in [4.78, 5) is 21.9. The first-order valence-electron chi connectivity index (χ1n) is 9.08. The van der Waals surface area contributed by atoms with Crippen LogP contribution in [0.3, 0.4) is 0 Å².